The number of quaternary nitrogens is 1. The Morgan fingerprint density at radius 1 is 1.03 bits per heavy atom. The van der Waals surface area contributed by atoms with E-state index < -0.39 is 0 Å². The molecule has 1 unspecified atom stereocenters. The highest BCUT2D eigenvalue weighted by Gasteiger charge is 2.57. The van der Waals surface area contributed by atoms with Gasteiger partial charge >= 0.3 is 6.03 Å². The molecule has 1 saturated heterocycles. The Labute approximate surface area is 237 Å². The van der Waals surface area contributed by atoms with Crippen molar-refractivity contribution in [2.45, 2.75) is 24.8 Å². The van der Waals surface area contributed by atoms with Crippen LogP contribution >= 0.6 is 46.4 Å². The van der Waals surface area contributed by atoms with Gasteiger partial charge in [0.05, 0.1) is 20.5 Å². The summed E-state index contributed by atoms with van der Waals surface area (Å²) in [6, 6.07) is 15.0. The smallest absolute Gasteiger partial charge is 0.317 e. The first-order valence-corrected chi connectivity index (χ1v) is 13.7. The topological polar surface area (TPSA) is 54.0 Å². The van der Waals surface area contributed by atoms with E-state index in [4.69, 9.17) is 46.4 Å². The van der Waals surface area contributed by atoms with Crippen LogP contribution in [0.1, 0.15) is 29.5 Å². The maximum absolute atomic E-state index is 14.1. The highest BCUT2D eigenvalue weighted by atomic mass is 35.5. The molecule has 3 aromatic rings. The summed E-state index contributed by atoms with van der Waals surface area (Å²) in [4.78, 5) is 18.2. The number of pyridine rings is 1. The molecule has 2 aliphatic rings. The van der Waals surface area contributed by atoms with Crippen LogP contribution in [0.15, 0.2) is 60.8 Å². The van der Waals surface area contributed by atoms with Crippen molar-refractivity contribution in [1.82, 2.24) is 20.1 Å². The van der Waals surface area contributed by atoms with Crippen molar-refractivity contribution in [3.63, 3.8) is 0 Å². The van der Waals surface area contributed by atoms with Gasteiger partial charge in [-0.2, -0.15) is 0 Å². The van der Waals surface area contributed by atoms with Crippen molar-refractivity contribution >= 4 is 64.2 Å². The molecule has 2 amide bonds. The van der Waals surface area contributed by atoms with E-state index >= 15 is 0 Å². The molecule has 2 aliphatic heterocycles. The molecule has 1 fully saturated rings. The molecular formula is C28H27Cl4N4O+. The maximum Gasteiger partial charge on any atom is 0.422 e. The van der Waals surface area contributed by atoms with Gasteiger partial charge in [-0.3, -0.25) is 0 Å². The summed E-state index contributed by atoms with van der Waals surface area (Å²) in [5, 5.41) is 8.76. The Balaban J connectivity index is 1.52. The van der Waals surface area contributed by atoms with Crippen molar-refractivity contribution in [2.75, 3.05) is 26.2 Å². The number of fused-ring (bicyclic) bond motifs is 2. The van der Waals surface area contributed by atoms with Crippen LogP contribution in [0.2, 0.25) is 20.2 Å². The second kappa shape index (κ2) is 10.9. The Kier molecular flexibility index (Phi) is 7.83. The number of hydrogen-bond acceptors (Lipinski definition) is 3. The zero-order valence-corrected chi connectivity index (χ0v) is 23.1. The summed E-state index contributed by atoms with van der Waals surface area (Å²) < 4.78 is 0.131. The first kappa shape index (κ1) is 26.5. The number of nitrogens with one attached hydrogen (secondary N) is 2. The Hall–Kier alpha value is -2.12. The van der Waals surface area contributed by atoms with Gasteiger partial charge in [0.25, 0.3) is 0 Å². The Bertz CT molecular complexity index is 1360. The lowest BCUT2D eigenvalue weighted by Gasteiger charge is -2.36. The van der Waals surface area contributed by atoms with E-state index in [-0.39, 0.29) is 15.9 Å². The number of amides is 2. The molecule has 1 aromatic heterocycles. The minimum atomic E-state index is -0.173. The molecule has 0 aliphatic carbocycles. The number of rotatable bonds is 5. The summed E-state index contributed by atoms with van der Waals surface area (Å²) in [5.41, 5.74) is 3.69. The molecule has 37 heavy (non-hydrogen) atoms. The van der Waals surface area contributed by atoms with Gasteiger partial charge in [-0.25, -0.2) is 14.3 Å². The standard InChI is InChI=1S/C28H26Cl4N4O/c29-21-7-6-19(15-23(21)31)3-2-14-36(27(37)35-17-20-8-11-34-25(32)16-20)18-28(9-12-33-13-10-28)26-22(30)4-1-5-24(26)36/h1-8,11,15-16,33H,9-10,12-14,17-18H2/p+1/b3-2+. The molecule has 9 heteroatoms. The molecule has 5 nitrogen and oxygen atoms in total. The molecule has 2 aromatic carbocycles. The molecule has 1 atom stereocenters. The number of aromatic nitrogens is 1. The van der Waals surface area contributed by atoms with Crippen molar-refractivity contribution in [1.29, 1.82) is 0 Å². The van der Waals surface area contributed by atoms with Crippen LogP contribution in [-0.4, -0.2) is 37.2 Å². The minimum Gasteiger partial charge on any atom is -0.317 e. The zero-order valence-electron chi connectivity index (χ0n) is 20.1. The fourth-order valence-corrected chi connectivity index (χ4v) is 6.56. The second-order valence-electron chi connectivity index (χ2n) is 9.69. The fraction of sp³-hybridized carbons (Fsp3) is 0.286. The molecule has 192 valence electrons. The number of urea groups is 1. The molecular weight excluding hydrogens is 550 g/mol. The third-order valence-electron chi connectivity index (χ3n) is 7.41. The highest BCUT2D eigenvalue weighted by Crippen LogP contribution is 2.52. The molecule has 2 N–H and O–H groups in total. The number of nitrogens with zero attached hydrogens (tertiary/aromatic N) is 2. The summed E-state index contributed by atoms with van der Waals surface area (Å²) in [6.45, 7) is 3.23. The quantitative estimate of drug-likeness (QED) is 0.248. The Morgan fingerprint density at radius 2 is 1.84 bits per heavy atom. The largest absolute Gasteiger partial charge is 0.422 e. The molecule has 0 bridgehead atoms. The lowest BCUT2D eigenvalue weighted by atomic mass is 9.74. The van der Waals surface area contributed by atoms with E-state index in [1.165, 1.54) is 0 Å². The second-order valence-corrected chi connectivity index (χ2v) is 11.3. The number of carbonyl (C=O) groups is 1. The summed E-state index contributed by atoms with van der Waals surface area (Å²) in [6.07, 6.45) is 7.51. The first-order valence-electron chi connectivity index (χ1n) is 12.2. The van der Waals surface area contributed by atoms with Crippen molar-refractivity contribution in [2.24, 2.45) is 0 Å². The van der Waals surface area contributed by atoms with E-state index in [1.807, 2.05) is 48.6 Å². The Morgan fingerprint density at radius 3 is 2.59 bits per heavy atom. The van der Waals surface area contributed by atoms with Crippen LogP contribution < -0.4 is 15.1 Å². The number of hydrogen-bond donors (Lipinski definition) is 2. The monoisotopic (exact) mass is 575 g/mol. The third kappa shape index (κ3) is 5.26. The van der Waals surface area contributed by atoms with Gasteiger partial charge < -0.3 is 10.6 Å². The first-order chi connectivity index (χ1) is 17.8. The van der Waals surface area contributed by atoms with Crippen molar-refractivity contribution in [3.8, 4) is 0 Å². The van der Waals surface area contributed by atoms with E-state index in [2.05, 4.69) is 15.6 Å². The lowest BCUT2D eigenvalue weighted by Crippen LogP contribution is -2.60. The van der Waals surface area contributed by atoms with Gasteiger partial charge in [-0.05, 0) is 73.5 Å². The minimum absolute atomic E-state index is 0.0781. The number of benzene rings is 2. The maximum atomic E-state index is 14.1. The predicted octanol–water partition coefficient (Wildman–Crippen LogP) is 7.26. The van der Waals surface area contributed by atoms with E-state index in [0.717, 1.165) is 53.3 Å². The number of piperidine rings is 1. The molecule has 0 saturated carbocycles. The fourth-order valence-electron chi connectivity index (χ4n) is 5.68. The average molecular weight is 577 g/mol. The van der Waals surface area contributed by atoms with Crippen LogP contribution in [0, 0.1) is 0 Å². The summed E-state index contributed by atoms with van der Waals surface area (Å²) >= 11 is 25.2. The van der Waals surface area contributed by atoms with Crippen LogP contribution in [0.3, 0.4) is 0 Å². The van der Waals surface area contributed by atoms with Gasteiger partial charge in [0.2, 0.25) is 0 Å². The van der Waals surface area contributed by atoms with Gasteiger partial charge in [0.1, 0.15) is 23.9 Å². The van der Waals surface area contributed by atoms with Gasteiger partial charge in [0.15, 0.2) is 0 Å². The van der Waals surface area contributed by atoms with Gasteiger partial charge in [0, 0.05) is 24.4 Å². The third-order valence-corrected chi connectivity index (χ3v) is 8.67. The molecule has 1 spiro atoms. The van der Waals surface area contributed by atoms with E-state index in [0.29, 0.717) is 34.8 Å². The van der Waals surface area contributed by atoms with Crippen LogP contribution in [0.4, 0.5) is 10.5 Å². The lowest BCUT2D eigenvalue weighted by molar-refractivity contribution is 0.189. The molecule has 3 heterocycles. The summed E-state index contributed by atoms with van der Waals surface area (Å²) in [7, 11) is 0. The normalized spacial score (nSPS) is 20.3. The predicted molar refractivity (Wildman–Crippen MR) is 154 cm³/mol. The SMILES string of the molecule is O=C(NCc1ccnc(Cl)c1)[N+]1(C/C=C/c2ccc(Cl)c(Cl)c2)CC2(CCNCC2)c2c(Cl)cccc21. The van der Waals surface area contributed by atoms with Crippen LogP contribution in [-0.2, 0) is 12.0 Å². The van der Waals surface area contributed by atoms with Crippen molar-refractivity contribution < 1.29 is 4.79 Å². The zero-order chi connectivity index (χ0) is 26.0. The number of halogens is 4. The highest BCUT2D eigenvalue weighted by molar-refractivity contribution is 6.42. The average Bonchev–Trinajstić information content (AvgIpc) is 3.16. The van der Waals surface area contributed by atoms with Gasteiger partial charge in [-0.15, -0.1) is 0 Å². The summed E-state index contributed by atoms with van der Waals surface area (Å²) in [5.74, 6) is 0. The number of carbonyl (C=O) groups excluding carboxylic acids is 1. The van der Waals surface area contributed by atoms with Gasteiger partial charge in [-0.1, -0.05) is 64.6 Å². The molecule has 0 radical (unpaired) electrons. The molecule has 5 rings (SSSR count). The van der Waals surface area contributed by atoms with E-state index in [1.54, 1.807) is 18.3 Å². The van der Waals surface area contributed by atoms with E-state index in [9.17, 15) is 4.79 Å². The van der Waals surface area contributed by atoms with Crippen molar-refractivity contribution in [3.05, 3.63) is 97.7 Å². The van der Waals surface area contributed by atoms with Crippen LogP contribution in [0.25, 0.3) is 6.08 Å². The van der Waals surface area contributed by atoms with Crippen LogP contribution in [0.5, 0.6) is 0 Å².